The fourth-order valence-electron chi connectivity index (χ4n) is 3.21. The van der Waals surface area contributed by atoms with Gasteiger partial charge in [-0.3, -0.25) is 9.10 Å². The number of amides is 1. The Morgan fingerprint density at radius 2 is 1.61 bits per heavy atom. The zero-order chi connectivity index (χ0) is 24.0. The third kappa shape index (κ3) is 5.78. The van der Waals surface area contributed by atoms with Gasteiger partial charge in [-0.05, 0) is 68.8 Å². The van der Waals surface area contributed by atoms with E-state index in [1.807, 2.05) is 6.92 Å². The number of sulfonamides is 1. The summed E-state index contributed by atoms with van der Waals surface area (Å²) in [5.41, 5.74) is 2.86. The first-order chi connectivity index (χ1) is 15.7. The van der Waals surface area contributed by atoms with Gasteiger partial charge in [0.25, 0.3) is 10.0 Å². The molecule has 0 spiro atoms. The number of rotatable bonds is 8. The number of esters is 1. The summed E-state index contributed by atoms with van der Waals surface area (Å²) < 4.78 is 32.8. The second kappa shape index (κ2) is 10.3. The summed E-state index contributed by atoms with van der Waals surface area (Å²) in [4.78, 5) is 24.9. The first-order valence-electron chi connectivity index (χ1n) is 10.4. The maximum atomic E-state index is 13.3. The van der Waals surface area contributed by atoms with Crippen LogP contribution in [-0.4, -0.2) is 33.4 Å². The van der Waals surface area contributed by atoms with Gasteiger partial charge in [-0.2, -0.15) is 0 Å². The molecule has 1 amide bonds. The van der Waals surface area contributed by atoms with E-state index in [-0.39, 0.29) is 11.5 Å². The molecule has 0 aliphatic carbocycles. The molecule has 0 aromatic heterocycles. The maximum absolute atomic E-state index is 13.3. The summed E-state index contributed by atoms with van der Waals surface area (Å²) in [6.07, 6.45) is 0. The van der Waals surface area contributed by atoms with Gasteiger partial charge in [-0.15, -0.1) is 0 Å². The molecule has 0 atom stereocenters. The number of benzene rings is 3. The molecule has 0 unspecified atom stereocenters. The number of ether oxygens (including phenoxy) is 1. The Kier molecular flexibility index (Phi) is 7.50. The van der Waals surface area contributed by atoms with Crippen molar-refractivity contribution in [3.05, 3.63) is 89.5 Å². The van der Waals surface area contributed by atoms with Crippen LogP contribution in [0.4, 0.5) is 11.4 Å². The second-order valence-corrected chi connectivity index (χ2v) is 9.32. The van der Waals surface area contributed by atoms with Crippen LogP contribution < -0.4 is 9.62 Å². The van der Waals surface area contributed by atoms with Crippen LogP contribution in [0.3, 0.4) is 0 Å². The summed E-state index contributed by atoms with van der Waals surface area (Å²) in [5.74, 6) is -0.958. The molecule has 0 bridgehead atoms. The van der Waals surface area contributed by atoms with Crippen LogP contribution in [0, 0.1) is 13.8 Å². The summed E-state index contributed by atoms with van der Waals surface area (Å²) in [6, 6.07) is 19.7. The Morgan fingerprint density at radius 3 is 2.21 bits per heavy atom. The molecule has 3 aromatic carbocycles. The van der Waals surface area contributed by atoms with E-state index in [1.165, 1.54) is 12.1 Å². The molecular formula is C25H26N2O5S. The smallest absolute Gasteiger partial charge is 0.338 e. The minimum atomic E-state index is -3.98. The van der Waals surface area contributed by atoms with Crippen molar-refractivity contribution in [3.63, 3.8) is 0 Å². The Balaban J connectivity index is 1.87. The lowest BCUT2D eigenvalue weighted by atomic mass is 10.1. The number of carbonyl (C=O) groups is 2. The van der Waals surface area contributed by atoms with Crippen LogP contribution >= 0.6 is 0 Å². The molecule has 7 nitrogen and oxygen atoms in total. The molecule has 3 aromatic rings. The molecule has 0 aliphatic rings. The highest BCUT2D eigenvalue weighted by Gasteiger charge is 2.27. The number of hydrogen-bond donors (Lipinski definition) is 1. The number of nitrogens with zero attached hydrogens (tertiary/aromatic N) is 1. The molecule has 0 radical (unpaired) electrons. The molecule has 172 valence electrons. The van der Waals surface area contributed by atoms with E-state index in [0.717, 1.165) is 9.87 Å². The van der Waals surface area contributed by atoms with Crippen molar-refractivity contribution < 1.29 is 22.7 Å². The average Bonchev–Trinajstić information content (AvgIpc) is 2.80. The van der Waals surface area contributed by atoms with Crippen LogP contribution in [0.5, 0.6) is 0 Å². The quantitative estimate of drug-likeness (QED) is 0.499. The minimum Gasteiger partial charge on any atom is -0.462 e. The highest BCUT2D eigenvalue weighted by molar-refractivity contribution is 7.92. The van der Waals surface area contributed by atoms with Crippen molar-refractivity contribution in [2.75, 3.05) is 22.8 Å². The molecule has 0 heterocycles. The van der Waals surface area contributed by atoms with Gasteiger partial charge >= 0.3 is 5.97 Å². The first kappa shape index (κ1) is 24.0. The fraction of sp³-hybridized carbons (Fsp3) is 0.200. The number of nitrogens with one attached hydrogen (secondary N) is 1. The van der Waals surface area contributed by atoms with Gasteiger partial charge in [0, 0.05) is 5.69 Å². The SMILES string of the molecule is CCOC(=O)c1ccc(NC(=O)CN(c2ccc(C)cc2)S(=O)(=O)c2ccccc2)c(C)c1. The topological polar surface area (TPSA) is 92.8 Å². The third-order valence-electron chi connectivity index (χ3n) is 4.95. The Bertz CT molecular complexity index is 1240. The number of aryl methyl sites for hydroxylation is 2. The van der Waals surface area contributed by atoms with Crippen LogP contribution in [0.15, 0.2) is 77.7 Å². The van der Waals surface area contributed by atoms with E-state index >= 15 is 0 Å². The molecule has 0 saturated carbocycles. The van der Waals surface area contributed by atoms with E-state index in [9.17, 15) is 18.0 Å². The van der Waals surface area contributed by atoms with Gasteiger partial charge in [-0.1, -0.05) is 35.9 Å². The lowest BCUT2D eigenvalue weighted by Crippen LogP contribution is -2.38. The third-order valence-corrected chi connectivity index (χ3v) is 6.74. The van der Waals surface area contributed by atoms with Crippen LogP contribution in [0.25, 0.3) is 0 Å². The van der Waals surface area contributed by atoms with Crippen molar-refractivity contribution in [1.82, 2.24) is 0 Å². The fourth-order valence-corrected chi connectivity index (χ4v) is 4.65. The van der Waals surface area contributed by atoms with Crippen molar-refractivity contribution in [2.45, 2.75) is 25.7 Å². The molecule has 0 fully saturated rings. The number of carbonyl (C=O) groups excluding carboxylic acids is 2. The van der Waals surface area contributed by atoms with E-state index in [1.54, 1.807) is 74.5 Å². The summed E-state index contributed by atoms with van der Waals surface area (Å²) in [6.45, 7) is 5.22. The normalized spacial score (nSPS) is 11.0. The van der Waals surface area contributed by atoms with Crippen molar-refractivity contribution in [1.29, 1.82) is 0 Å². The summed E-state index contributed by atoms with van der Waals surface area (Å²) >= 11 is 0. The van der Waals surface area contributed by atoms with Gasteiger partial charge in [0.05, 0.1) is 22.8 Å². The highest BCUT2D eigenvalue weighted by Crippen LogP contribution is 2.24. The molecule has 0 saturated heterocycles. The van der Waals surface area contributed by atoms with Crippen molar-refractivity contribution in [3.8, 4) is 0 Å². The van der Waals surface area contributed by atoms with E-state index in [4.69, 9.17) is 4.74 Å². The Morgan fingerprint density at radius 1 is 0.939 bits per heavy atom. The van der Waals surface area contributed by atoms with Crippen LogP contribution in [0.2, 0.25) is 0 Å². The second-order valence-electron chi connectivity index (χ2n) is 7.46. The lowest BCUT2D eigenvalue weighted by molar-refractivity contribution is -0.114. The Labute approximate surface area is 194 Å². The zero-order valence-electron chi connectivity index (χ0n) is 18.7. The zero-order valence-corrected chi connectivity index (χ0v) is 19.6. The number of hydrogen-bond acceptors (Lipinski definition) is 5. The van der Waals surface area contributed by atoms with Gasteiger partial charge in [-0.25, -0.2) is 13.2 Å². The summed E-state index contributed by atoms with van der Waals surface area (Å²) in [5, 5.41) is 2.75. The van der Waals surface area contributed by atoms with E-state index in [2.05, 4.69) is 5.32 Å². The lowest BCUT2D eigenvalue weighted by Gasteiger charge is -2.24. The standard InChI is InChI=1S/C25H26N2O5S/c1-4-32-25(29)20-12-15-23(19(3)16-20)26-24(28)17-27(21-13-10-18(2)11-14-21)33(30,31)22-8-6-5-7-9-22/h5-16H,4,17H2,1-3H3,(H,26,28). The minimum absolute atomic E-state index is 0.0911. The maximum Gasteiger partial charge on any atom is 0.338 e. The van der Waals surface area contributed by atoms with E-state index in [0.29, 0.717) is 22.5 Å². The predicted octanol–water partition coefficient (Wildman–Crippen LogP) is 4.31. The van der Waals surface area contributed by atoms with E-state index < -0.39 is 28.4 Å². The first-order valence-corrected chi connectivity index (χ1v) is 11.9. The highest BCUT2D eigenvalue weighted by atomic mass is 32.2. The van der Waals surface area contributed by atoms with Gasteiger partial charge < -0.3 is 10.1 Å². The molecule has 8 heteroatoms. The van der Waals surface area contributed by atoms with Crippen molar-refractivity contribution in [2.24, 2.45) is 0 Å². The van der Waals surface area contributed by atoms with Gasteiger partial charge in [0.15, 0.2) is 0 Å². The monoisotopic (exact) mass is 466 g/mol. The Hall–Kier alpha value is -3.65. The van der Waals surface area contributed by atoms with Crippen molar-refractivity contribution >= 4 is 33.3 Å². The van der Waals surface area contributed by atoms with Crippen LogP contribution in [-0.2, 0) is 19.6 Å². The molecule has 33 heavy (non-hydrogen) atoms. The average molecular weight is 467 g/mol. The largest absolute Gasteiger partial charge is 0.462 e. The number of anilines is 2. The molecule has 0 aliphatic heterocycles. The van der Waals surface area contributed by atoms with Gasteiger partial charge in [0.2, 0.25) is 5.91 Å². The summed E-state index contributed by atoms with van der Waals surface area (Å²) in [7, 11) is -3.98. The predicted molar refractivity (Wildman–Crippen MR) is 128 cm³/mol. The molecule has 1 N–H and O–H groups in total. The van der Waals surface area contributed by atoms with Crippen LogP contribution in [0.1, 0.15) is 28.4 Å². The molecular weight excluding hydrogens is 440 g/mol. The molecule has 3 rings (SSSR count). The van der Waals surface area contributed by atoms with Gasteiger partial charge in [0.1, 0.15) is 6.54 Å².